The molecular weight excluding hydrogens is 254 g/mol. The minimum Gasteiger partial charge on any atom is -0.277 e. The Morgan fingerprint density at radius 1 is 1.16 bits per heavy atom. The van der Waals surface area contributed by atoms with Gasteiger partial charge in [0, 0.05) is 12.1 Å². The summed E-state index contributed by atoms with van der Waals surface area (Å²) in [6.07, 6.45) is 0. The number of imide groups is 2. The Kier molecular flexibility index (Phi) is 2.78. The number of barbiturate groups is 1. The Morgan fingerprint density at radius 2 is 1.74 bits per heavy atom. The number of carbonyl (C=O) groups is 3. The van der Waals surface area contributed by atoms with Crippen LogP contribution < -0.4 is 10.6 Å². The third-order valence-electron chi connectivity index (χ3n) is 3.00. The van der Waals surface area contributed by atoms with Gasteiger partial charge >= 0.3 is 6.03 Å². The van der Waals surface area contributed by atoms with Gasteiger partial charge in [0.1, 0.15) is 0 Å². The molecule has 8 nitrogen and oxygen atoms in total. The predicted molar refractivity (Wildman–Crippen MR) is 62.1 cm³/mol. The standard InChI is InChI=1S/C11H9N3O5/c1-11(8(15)12-10(17)13-9(11)16)6-3-2-4-7(5-6)14(18)19/h2-5H,1H3,(H2,12,13,15,16,17). The normalized spacial score (nSPS) is 17.6. The maximum Gasteiger partial charge on any atom is 0.328 e. The number of nitrogens with one attached hydrogen (secondary N) is 2. The molecular formula is C11H9N3O5. The average Bonchev–Trinajstić information content (AvgIpc) is 2.35. The van der Waals surface area contributed by atoms with E-state index in [1.54, 1.807) is 0 Å². The van der Waals surface area contributed by atoms with E-state index in [9.17, 15) is 24.5 Å². The van der Waals surface area contributed by atoms with Crippen molar-refractivity contribution in [1.29, 1.82) is 0 Å². The number of nitro benzene ring substituents is 1. The Labute approximate surface area is 106 Å². The van der Waals surface area contributed by atoms with Crippen molar-refractivity contribution < 1.29 is 19.3 Å². The highest BCUT2D eigenvalue weighted by Crippen LogP contribution is 2.28. The van der Waals surface area contributed by atoms with Gasteiger partial charge in [0.05, 0.1) is 4.92 Å². The summed E-state index contributed by atoms with van der Waals surface area (Å²) in [5.74, 6) is -1.64. The molecule has 1 fully saturated rings. The molecule has 0 aromatic heterocycles. The molecule has 2 rings (SSSR count). The van der Waals surface area contributed by atoms with Crippen LogP contribution in [-0.4, -0.2) is 22.8 Å². The number of nitro groups is 1. The van der Waals surface area contributed by atoms with E-state index in [1.165, 1.54) is 25.1 Å². The maximum absolute atomic E-state index is 11.9. The van der Waals surface area contributed by atoms with Crippen molar-refractivity contribution in [2.75, 3.05) is 0 Å². The molecule has 8 heteroatoms. The van der Waals surface area contributed by atoms with Gasteiger partial charge in [-0.1, -0.05) is 12.1 Å². The molecule has 0 radical (unpaired) electrons. The first-order valence-electron chi connectivity index (χ1n) is 5.27. The van der Waals surface area contributed by atoms with E-state index in [0.29, 0.717) is 0 Å². The van der Waals surface area contributed by atoms with Crippen LogP contribution in [0, 0.1) is 10.1 Å². The third kappa shape index (κ3) is 1.92. The van der Waals surface area contributed by atoms with Crippen molar-refractivity contribution in [1.82, 2.24) is 10.6 Å². The van der Waals surface area contributed by atoms with Gasteiger partial charge in [-0.15, -0.1) is 0 Å². The van der Waals surface area contributed by atoms with E-state index in [4.69, 9.17) is 0 Å². The minimum absolute atomic E-state index is 0.143. The molecule has 0 spiro atoms. The monoisotopic (exact) mass is 263 g/mol. The number of nitrogens with zero attached hydrogens (tertiary/aromatic N) is 1. The molecule has 2 N–H and O–H groups in total. The highest BCUT2D eigenvalue weighted by atomic mass is 16.6. The van der Waals surface area contributed by atoms with Gasteiger partial charge in [0.2, 0.25) is 11.8 Å². The zero-order valence-electron chi connectivity index (χ0n) is 9.80. The lowest BCUT2D eigenvalue weighted by molar-refractivity contribution is -0.384. The second-order valence-corrected chi connectivity index (χ2v) is 4.17. The van der Waals surface area contributed by atoms with E-state index >= 15 is 0 Å². The molecule has 0 unspecified atom stereocenters. The molecule has 1 aliphatic heterocycles. The van der Waals surface area contributed by atoms with Crippen molar-refractivity contribution in [2.24, 2.45) is 0 Å². The van der Waals surface area contributed by atoms with Crippen molar-refractivity contribution in [3.8, 4) is 0 Å². The number of non-ortho nitro benzene ring substituents is 1. The fourth-order valence-electron chi connectivity index (χ4n) is 1.78. The van der Waals surface area contributed by atoms with Gasteiger partial charge in [0.25, 0.3) is 5.69 Å². The van der Waals surface area contributed by atoms with Crippen LogP contribution in [0.5, 0.6) is 0 Å². The predicted octanol–water partition coefficient (Wildman–Crippen LogP) is 0.219. The minimum atomic E-state index is -1.68. The van der Waals surface area contributed by atoms with Gasteiger partial charge in [-0.25, -0.2) is 4.79 Å². The molecule has 1 aromatic rings. The number of benzene rings is 1. The highest BCUT2D eigenvalue weighted by molar-refractivity contribution is 6.22. The highest BCUT2D eigenvalue weighted by Gasteiger charge is 2.48. The number of carbonyl (C=O) groups excluding carboxylic acids is 3. The summed E-state index contributed by atoms with van der Waals surface area (Å²) in [5, 5.41) is 14.6. The zero-order valence-corrected chi connectivity index (χ0v) is 9.80. The van der Waals surface area contributed by atoms with Crippen LogP contribution in [0.3, 0.4) is 0 Å². The summed E-state index contributed by atoms with van der Waals surface area (Å²) in [7, 11) is 0. The van der Waals surface area contributed by atoms with Crippen LogP contribution in [0.2, 0.25) is 0 Å². The second-order valence-electron chi connectivity index (χ2n) is 4.17. The molecule has 0 bridgehead atoms. The first-order valence-corrected chi connectivity index (χ1v) is 5.27. The topological polar surface area (TPSA) is 118 Å². The number of urea groups is 1. The van der Waals surface area contributed by atoms with Crippen molar-refractivity contribution in [2.45, 2.75) is 12.3 Å². The quantitative estimate of drug-likeness (QED) is 0.449. The molecule has 1 heterocycles. The van der Waals surface area contributed by atoms with Crippen molar-refractivity contribution in [3.63, 3.8) is 0 Å². The van der Waals surface area contributed by atoms with Gasteiger partial charge < -0.3 is 0 Å². The van der Waals surface area contributed by atoms with E-state index in [1.807, 2.05) is 10.6 Å². The van der Waals surface area contributed by atoms with Gasteiger partial charge in [-0.3, -0.25) is 30.3 Å². The molecule has 1 saturated heterocycles. The van der Waals surface area contributed by atoms with E-state index in [2.05, 4.69) is 0 Å². The van der Waals surface area contributed by atoms with Crippen LogP contribution in [0.1, 0.15) is 12.5 Å². The Bertz CT molecular complexity index is 590. The number of rotatable bonds is 2. The number of hydrogen-bond donors (Lipinski definition) is 2. The lowest BCUT2D eigenvalue weighted by Gasteiger charge is -2.30. The fraction of sp³-hybridized carbons (Fsp3) is 0.182. The second kappa shape index (κ2) is 4.16. The molecule has 98 valence electrons. The summed E-state index contributed by atoms with van der Waals surface area (Å²) in [6, 6.07) is 4.27. The summed E-state index contributed by atoms with van der Waals surface area (Å²) >= 11 is 0. The molecule has 4 amide bonds. The van der Waals surface area contributed by atoms with Crippen molar-refractivity contribution >= 4 is 23.5 Å². The van der Waals surface area contributed by atoms with Crippen LogP contribution in [0.25, 0.3) is 0 Å². The summed E-state index contributed by atoms with van der Waals surface area (Å²) in [4.78, 5) is 44.8. The van der Waals surface area contributed by atoms with Crippen LogP contribution in [0.15, 0.2) is 24.3 Å². The summed E-state index contributed by atoms with van der Waals surface area (Å²) in [6.45, 7) is 1.29. The van der Waals surface area contributed by atoms with E-state index in [0.717, 1.165) is 6.07 Å². The maximum atomic E-state index is 11.9. The number of hydrogen-bond acceptors (Lipinski definition) is 5. The van der Waals surface area contributed by atoms with Crippen molar-refractivity contribution in [3.05, 3.63) is 39.9 Å². The lowest BCUT2D eigenvalue weighted by atomic mass is 9.79. The van der Waals surface area contributed by atoms with E-state index in [-0.39, 0.29) is 11.3 Å². The van der Waals surface area contributed by atoms with E-state index < -0.39 is 28.2 Å². The molecule has 1 aliphatic rings. The summed E-state index contributed by atoms with van der Waals surface area (Å²) < 4.78 is 0. The largest absolute Gasteiger partial charge is 0.328 e. The van der Waals surface area contributed by atoms with Crippen LogP contribution in [-0.2, 0) is 15.0 Å². The molecule has 0 aliphatic carbocycles. The Balaban J connectivity index is 2.52. The Hall–Kier alpha value is -2.77. The molecule has 19 heavy (non-hydrogen) atoms. The average molecular weight is 263 g/mol. The van der Waals surface area contributed by atoms with Gasteiger partial charge in [-0.05, 0) is 12.5 Å². The van der Waals surface area contributed by atoms with Gasteiger partial charge in [0.15, 0.2) is 5.41 Å². The number of amides is 4. The lowest BCUT2D eigenvalue weighted by Crippen LogP contribution is -2.63. The first-order chi connectivity index (χ1) is 8.85. The zero-order chi connectivity index (χ0) is 14.2. The van der Waals surface area contributed by atoms with Crippen LogP contribution in [0.4, 0.5) is 10.5 Å². The molecule has 1 aromatic carbocycles. The molecule has 0 atom stereocenters. The third-order valence-corrected chi connectivity index (χ3v) is 3.00. The van der Waals surface area contributed by atoms with Gasteiger partial charge in [-0.2, -0.15) is 0 Å². The molecule has 0 saturated carbocycles. The fourth-order valence-corrected chi connectivity index (χ4v) is 1.78. The van der Waals surface area contributed by atoms with Crippen LogP contribution >= 0.6 is 0 Å². The SMILES string of the molecule is CC1(c2cccc([N+](=O)[O-])c2)C(=O)NC(=O)NC1=O. The first kappa shape index (κ1) is 12.7. The smallest absolute Gasteiger partial charge is 0.277 e. The Morgan fingerprint density at radius 3 is 2.26 bits per heavy atom. The summed E-state index contributed by atoms with van der Waals surface area (Å²) in [5.41, 5.74) is -1.78.